The van der Waals surface area contributed by atoms with Crippen molar-refractivity contribution in [2.45, 2.75) is 6.42 Å². The predicted molar refractivity (Wildman–Crippen MR) is 124 cm³/mol. The lowest BCUT2D eigenvalue weighted by Gasteiger charge is -2.31. The first-order valence-corrected chi connectivity index (χ1v) is 10.3. The maximum Gasteiger partial charge on any atom is 0.255 e. The van der Waals surface area contributed by atoms with Crippen molar-refractivity contribution in [1.82, 2.24) is 4.90 Å². The van der Waals surface area contributed by atoms with Crippen LogP contribution in [-0.4, -0.2) is 41.2 Å². The van der Waals surface area contributed by atoms with E-state index in [1.807, 2.05) is 30.3 Å². The van der Waals surface area contributed by atoms with Gasteiger partial charge in [0.15, 0.2) is 0 Å². The molecule has 0 radical (unpaired) electrons. The van der Waals surface area contributed by atoms with E-state index in [1.54, 1.807) is 49.6 Å². The number of fused-ring (bicyclic) bond motifs is 1. The van der Waals surface area contributed by atoms with Crippen LogP contribution in [0.4, 0.5) is 5.69 Å². The molecule has 2 amide bonds. The van der Waals surface area contributed by atoms with Crippen LogP contribution in [0.2, 0.25) is 0 Å². The summed E-state index contributed by atoms with van der Waals surface area (Å²) in [6.45, 7) is 0.470. The molecule has 0 saturated heterocycles. The Labute approximate surface area is 185 Å². The van der Waals surface area contributed by atoms with Crippen LogP contribution >= 0.6 is 12.2 Å². The molecule has 1 N–H and O–H groups in total. The standard InChI is InChI=1S/C24H21N3O3S/c1-30-19-10-8-18(9-11-19)25-22(28)17-7-12-20-21(15-17)26-24(31)27(23(20)29)14-13-16-5-3-2-4-6-16/h2-12,15,20H,13-14H2,1H3,(H,25,28). The normalized spacial score (nSPS) is 17.6. The van der Waals surface area contributed by atoms with Gasteiger partial charge in [-0.1, -0.05) is 42.5 Å². The minimum atomic E-state index is -0.528. The lowest BCUT2D eigenvalue weighted by atomic mass is 9.91. The SMILES string of the molecule is COc1ccc(NC(=O)C2=CC3=NC(=S)N(CCc4ccccc4)C(=O)C3C=C2)cc1. The number of benzene rings is 2. The summed E-state index contributed by atoms with van der Waals surface area (Å²) in [6, 6.07) is 17.0. The smallest absolute Gasteiger partial charge is 0.255 e. The average molecular weight is 432 g/mol. The Hall–Kier alpha value is -3.58. The number of nitrogens with zero attached hydrogens (tertiary/aromatic N) is 2. The molecule has 6 nitrogen and oxygen atoms in total. The number of methoxy groups -OCH3 is 1. The Kier molecular flexibility index (Phi) is 6.04. The van der Waals surface area contributed by atoms with Gasteiger partial charge in [0.2, 0.25) is 11.0 Å². The fourth-order valence-corrected chi connectivity index (χ4v) is 3.74. The molecule has 0 fully saturated rings. The summed E-state index contributed by atoms with van der Waals surface area (Å²) in [5.41, 5.74) is 2.68. The maximum absolute atomic E-state index is 13.0. The summed E-state index contributed by atoms with van der Waals surface area (Å²) < 4.78 is 5.12. The quantitative estimate of drug-likeness (QED) is 0.710. The molecule has 0 saturated carbocycles. The molecule has 1 aliphatic heterocycles. The number of carbonyl (C=O) groups is 2. The zero-order valence-corrected chi connectivity index (χ0v) is 17.8. The van der Waals surface area contributed by atoms with Gasteiger partial charge in [0.25, 0.3) is 5.91 Å². The van der Waals surface area contributed by atoms with Crippen LogP contribution in [0.25, 0.3) is 0 Å². The summed E-state index contributed by atoms with van der Waals surface area (Å²) in [5.74, 6) is -0.224. The van der Waals surface area contributed by atoms with E-state index in [1.165, 1.54) is 4.90 Å². The van der Waals surface area contributed by atoms with Gasteiger partial charge in [0, 0.05) is 17.8 Å². The van der Waals surface area contributed by atoms with Crippen LogP contribution in [0.1, 0.15) is 5.56 Å². The second-order valence-electron chi connectivity index (χ2n) is 7.16. The molecule has 4 rings (SSSR count). The van der Waals surface area contributed by atoms with Crippen LogP contribution in [0.3, 0.4) is 0 Å². The van der Waals surface area contributed by atoms with Crippen molar-refractivity contribution in [3.63, 3.8) is 0 Å². The molecule has 1 heterocycles. The van der Waals surface area contributed by atoms with Crippen LogP contribution in [0, 0.1) is 5.92 Å². The van der Waals surface area contributed by atoms with Crippen LogP contribution in [-0.2, 0) is 16.0 Å². The van der Waals surface area contributed by atoms with Gasteiger partial charge >= 0.3 is 0 Å². The molecule has 156 valence electrons. The molecule has 2 aromatic rings. The Morgan fingerprint density at radius 2 is 1.90 bits per heavy atom. The third-order valence-electron chi connectivity index (χ3n) is 5.15. The molecule has 2 aliphatic rings. The number of allylic oxidation sites excluding steroid dienone is 1. The summed E-state index contributed by atoms with van der Waals surface area (Å²) in [5, 5.41) is 3.06. The van der Waals surface area contributed by atoms with Gasteiger partial charge in [-0.05, 0) is 54.5 Å². The molecule has 0 spiro atoms. The van der Waals surface area contributed by atoms with E-state index in [4.69, 9.17) is 17.0 Å². The highest BCUT2D eigenvalue weighted by Gasteiger charge is 2.35. The Morgan fingerprint density at radius 3 is 2.61 bits per heavy atom. The second kappa shape index (κ2) is 9.06. The molecule has 2 aromatic carbocycles. The topological polar surface area (TPSA) is 71.0 Å². The van der Waals surface area contributed by atoms with E-state index in [9.17, 15) is 9.59 Å². The number of ether oxygens (including phenoxy) is 1. The highest BCUT2D eigenvalue weighted by atomic mass is 32.1. The van der Waals surface area contributed by atoms with Crippen LogP contribution < -0.4 is 10.1 Å². The Balaban J connectivity index is 1.45. The molecule has 1 unspecified atom stereocenters. The number of hydrogen-bond donors (Lipinski definition) is 1. The van der Waals surface area contributed by atoms with Crippen molar-refractivity contribution in [3.8, 4) is 5.75 Å². The molecule has 0 aromatic heterocycles. The summed E-state index contributed by atoms with van der Waals surface area (Å²) in [7, 11) is 1.58. The summed E-state index contributed by atoms with van der Waals surface area (Å²) >= 11 is 5.37. The van der Waals surface area contributed by atoms with Crippen molar-refractivity contribution >= 4 is 40.5 Å². The van der Waals surface area contributed by atoms with Crippen molar-refractivity contribution in [3.05, 3.63) is 84.0 Å². The van der Waals surface area contributed by atoms with Gasteiger partial charge < -0.3 is 10.1 Å². The first kappa shape index (κ1) is 20.7. The van der Waals surface area contributed by atoms with E-state index in [0.717, 1.165) is 5.56 Å². The van der Waals surface area contributed by atoms with E-state index in [2.05, 4.69) is 10.3 Å². The molecule has 1 atom stereocenters. The largest absolute Gasteiger partial charge is 0.497 e. The molecule has 0 bridgehead atoms. The number of nitrogens with one attached hydrogen (secondary N) is 1. The molecule has 1 aliphatic carbocycles. The fourth-order valence-electron chi connectivity index (χ4n) is 3.45. The molecule has 31 heavy (non-hydrogen) atoms. The average Bonchev–Trinajstić information content (AvgIpc) is 2.79. The van der Waals surface area contributed by atoms with Gasteiger partial charge in [0.1, 0.15) is 5.75 Å². The summed E-state index contributed by atoms with van der Waals surface area (Å²) in [4.78, 5) is 31.6. The first-order chi connectivity index (χ1) is 15.0. The zero-order valence-electron chi connectivity index (χ0n) is 16.9. The van der Waals surface area contributed by atoms with E-state index >= 15 is 0 Å². The van der Waals surface area contributed by atoms with Gasteiger partial charge in [0.05, 0.1) is 18.7 Å². The zero-order chi connectivity index (χ0) is 21.8. The van der Waals surface area contributed by atoms with Gasteiger partial charge in [-0.3, -0.25) is 14.5 Å². The van der Waals surface area contributed by atoms with E-state index < -0.39 is 5.92 Å². The van der Waals surface area contributed by atoms with Crippen LogP contribution in [0.5, 0.6) is 5.75 Å². The first-order valence-electron chi connectivity index (χ1n) is 9.88. The lowest BCUT2D eigenvalue weighted by Crippen LogP contribution is -2.47. The van der Waals surface area contributed by atoms with E-state index in [0.29, 0.717) is 35.7 Å². The van der Waals surface area contributed by atoms with Gasteiger partial charge in [-0.2, -0.15) is 0 Å². The number of hydrogen-bond acceptors (Lipinski definition) is 4. The second-order valence-corrected chi connectivity index (χ2v) is 7.53. The number of thiocarbonyl (C=S) groups is 1. The fraction of sp³-hybridized carbons (Fsp3) is 0.167. The van der Waals surface area contributed by atoms with Crippen molar-refractivity contribution in [2.24, 2.45) is 10.9 Å². The van der Waals surface area contributed by atoms with Gasteiger partial charge in [-0.15, -0.1) is 0 Å². The van der Waals surface area contributed by atoms with Gasteiger partial charge in [-0.25, -0.2) is 4.99 Å². The third-order valence-corrected chi connectivity index (χ3v) is 5.47. The molecular weight excluding hydrogens is 410 g/mol. The predicted octanol–water partition coefficient (Wildman–Crippen LogP) is 3.56. The minimum Gasteiger partial charge on any atom is -0.497 e. The van der Waals surface area contributed by atoms with Crippen LogP contribution in [0.15, 0.2) is 83.4 Å². The molecule has 7 heteroatoms. The highest BCUT2D eigenvalue weighted by Crippen LogP contribution is 2.24. The number of rotatable bonds is 6. The minimum absolute atomic E-state index is 0.118. The highest BCUT2D eigenvalue weighted by molar-refractivity contribution is 7.80. The number of aliphatic imine (C=N–C) groups is 1. The van der Waals surface area contributed by atoms with Crippen molar-refractivity contribution < 1.29 is 14.3 Å². The van der Waals surface area contributed by atoms with E-state index in [-0.39, 0.29) is 16.9 Å². The molecular formula is C24H21N3O3S. The number of amides is 2. The van der Waals surface area contributed by atoms with Crippen molar-refractivity contribution in [2.75, 3.05) is 19.0 Å². The summed E-state index contributed by atoms with van der Waals surface area (Å²) in [6.07, 6.45) is 5.69. The number of carbonyl (C=O) groups excluding carboxylic acids is 2. The maximum atomic E-state index is 13.0. The number of anilines is 1. The Bertz CT molecular complexity index is 1100. The van der Waals surface area contributed by atoms with Crippen molar-refractivity contribution in [1.29, 1.82) is 0 Å². The monoisotopic (exact) mass is 431 g/mol. The lowest BCUT2D eigenvalue weighted by molar-refractivity contribution is -0.128. The Morgan fingerprint density at radius 1 is 1.16 bits per heavy atom. The third kappa shape index (κ3) is 4.62.